The molecule has 0 aliphatic carbocycles. The van der Waals surface area contributed by atoms with Crippen LogP contribution < -0.4 is 4.74 Å². The number of fused-ring (bicyclic) bond motifs is 1. The molecule has 3 heterocycles. The van der Waals surface area contributed by atoms with Gasteiger partial charge < -0.3 is 9.72 Å². The van der Waals surface area contributed by atoms with Crippen LogP contribution in [0.2, 0.25) is 0 Å². The molecule has 0 saturated carbocycles. The van der Waals surface area contributed by atoms with Crippen molar-refractivity contribution in [2.75, 3.05) is 6.26 Å². The zero-order chi connectivity index (χ0) is 25.6. The third kappa shape index (κ3) is 4.35. The van der Waals surface area contributed by atoms with Gasteiger partial charge in [0.2, 0.25) is 11.8 Å². The Morgan fingerprint density at radius 1 is 1.00 bits per heavy atom. The van der Waals surface area contributed by atoms with Gasteiger partial charge in [0, 0.05) is 35.9 Å². The molecule has 4 aromatic rings. The van der Waals surface area contributed by atoms with E-state index in [0.717, 1.165) is 6.26 Å². The number of carbonyl (C=O) groups is 2. The summed E-state index contributed by atoms with van der Waals surface area (Å²) in [6.45, 7) is 3.54. The first-order valence-corrected chi connectivity index (χ1v) is 13.3. The van der Waals surface area contributed by atoms with Gasteiger partial charge in [0.1, 0.15) is 17.2 Å². The number of carbonyl (C=O) groups excluding carboxylic acids is 2. The lowest BCUT2D eigenvalue weighted by molar-refractivity contribution is -0.140. The molecule has 2 amide bonds. The smallest absolute Gasteiger partial charge is 0.233 e. The van der Waals surface area contributed by atoms with Gasteiger partial charge in [-0.3, -0.25) is 19.5 Å². The molecule has 10 heteroatoms. The van der Waals surface area contributed by atoms with E-state index in [9.17, 15) is 18.0 Å². The van der Waals surface area contributed by atoms with Crippen LogP contribution in [0.4, 0.5) is 0 Å². The number of rotatable bonds is 6. The summed E-state index contributed by atoms with van der Waals surface area (Å²) >= 11 is 0. The van der Waals surface area contributed by atoms with E-state index in [0.29, 0.717) is 39.6 Å². The lowest BCUT2D eigenvalue weighted by Crippen LogP contribution is -2.30. The number of nitrogens with one attached hydrogen (secondary N) is 1. The number of ether oxygens (including phenoxy) is 1. The molecule has 0 radical (unpaired) electrons. The number of imide groups is 1. The number of hydrogen-bond acceptors (Lipinski definition) is 7. The van der Waals surface area contributed by atoms with Gasteiger partial charge in [-0.1, -0.05) is 19.9 Å². The Morgan fingerprint density at radius 2 is 1.69 bits per heavy atom. The molecular formula is C26H24N4O5S. The molecule has 184 valence electrons. The Labute approximate surface area is 208 Å². The second-order valence-corrected chi connectivity index (χ2v) is 11.0. The van der Waals surface area contributed by atoms with E-state index in [2.05, 4.69) is 15.0 Å². The number of likely N-dealkylation sites (tertiary alicyclic amines) is 1. The Balaban J connectivity index is 1.56. The molecule has 1 aliphatic rings. The molecule has 0 bridgehead atoms. The molecule has 1 N–H and O–H groups in total. The van der Waals surface area contributed by atoms with Gasteiger partial charge in [-0.05, 0) is 42.5 Å². The van der Waals surface area contributed by atoms with Gasteiger partial charge in [-0.2, -0.15) is 0 Å². The van der Waals surface area contributed by atoms with Crippen molar-refractivity contribution in [3.05, 3.63) is 66.4 Å². The Hall–Kier alpha value is -4.05. The minimum atomic E-state index is -3.35. The van der Waals surface area contributed by atoms with E-state index < -0.39 is 21.7 Å². The summed E-state index contributed by atoms with van der Waals surface area (Å²) < 4.78 is 29.7. The highest BCUT2D eigenvalue weighted by Gasteiger charge is 2.42. The molecule has 1 fully saturated rings. The molecule has 9 nitrogen and oxygen atoms in total. The highest BCUT2D eigenvalue weighted by Crippen LogP contribution is 2.34. The fourth-order valence-electron chi connectivity index (χ4n) is 4.16. The summed E-state index contributed by atoms with van der Waals surface area (Å²) in [6.07, 6.45) is 2.81. The standard InChI is InChI=1S/C26H24N4O5S/c1-15-16(2)26(32)30(25(15)31)14-17-12-21-22(29-24(28-21)20-6-4-5-11-27-20)13-23(17)35-18-7-9-19(10-8-18)36(3,33)34/h4-13,15-16H,14H2,1-3H3,(H,28,29). The maximum atomic E-state index is 12.8. The SMILES string of the molecule is CC1C(=O)N(Cc2cc3[nH]c(-c4ccccn4)nc3cc2Oc2ccc(S(C)(=O)=O)cc2)C(=O)C1C. The topological polar surface area (TPSA) is 122 Å². The van der Waals surface area contributed by atoms with Crippen molar-refractivity contribution in [2.24, 2.45) is 11.8 Å². The van der Waals surface area contributed by atoms with E-state index in [1.54, 1.807) is 38.2 Å². The minimum Gasteiger partial charge on any atom is -0.457 e. The zero-order valence-corrected chi connectivity index (χ0v) is 20.7. The molecular weight excluding hydrogens is 480 g/mol. The summed E-state index contributed by atoms with van der Waals surface area (Å²) in [5.41, 5.74) is 2.59. The van der Waals surface area contributed by atoms with Crippen LogP contribution in [0.15, 0.2) is 65.7 Å². The van der Waals surface area contributed by atoms with Gasteiger partial charge in [0.25, 0.3) is 0 Å². The van der Waals surface area contributed by atoms with Crippen molar-refractivity contribution in [1.82, 2.24) is 19.9 Å². The van der Waals surface area contributed by atoms with Crippen LogP contribution in [0, 0.1) is 11.8 Å². The predicted molar refractivity (Wildman–Crippen MR) is 133 cm³/mol. The predicted octanol–water partition coefficient (Wildman–Crippen LogP) is 3.96. The molecule has 1 saturated heterocycles. The quantitative estimate of drug-likeness (QED) is 0.394. The van der Waals surface area contributed by atoms with E-state index in [1.807, 2.05) is 24.3 Å². The third-order valence-corrected chi connectivity index (χ3v) is 7.57. The summed E-state index contributed by atoms with van der Waals surface area (Å²) in [5, 5.41) is 0. The van der Waals surface area contributed by atoms with Crippen LogP contribution in [-0.2, 0) is 26.0 Å². The van der Waals surface area contributed by atoms with Crippen LogP contribution in [0.25, 0.3) is 22.6 Å². The van der Waals surface area contributed by atoms with Crippen LogP contribution >= 0.6 is 0 Å². The van der Waals surface area contributed by atoms with Crippen molar-refractivity contribution < 1.29 is 22.7 Å². The fraction of sp³-hybridized carbons (Fsp3) is 0.231. The van der Waals surface area contributed by atoms with Gasteiger partial charge >= 0.3 is 0 Å². The second-order valence-electron chi connectivity index (χ2n) is 8.96. The normalized spacial score (nSPS) is 18.2. The average molecular weight is 505 g/mol. The minimum absolute atomic E-state index is 0.0387. The summed E-state index contributed by atoms with van der Waals surface area (Å²) in [6, 6.07) is 15.1. The molecule has 5 rings (SSSR count). The number of nitrogens with zero attached hydrogens (tertiary/aromatic N) is 3. The molecule has 2 aromatic heterocycles. The highest BCUT2D eigenvalue weighted by atomic mass is 32.2. The first-order valence-electron chi connectivity index (χ1n) is 11.4. The van der Waals surface area contributed by atoms with Gasteiger partial charge in [0.15, 0.2) is 15.7 Å². The number of aromatic amines is 1. The van der Waals surface area contributed by atoms with Crippen LogP contribution in [0.3, 0.4) is 0 Å². The van der Waals surface area contributed by atoms with Crippen molar-refractivity contribution in [1.29, 1.82) is 0 Å². The van der Waals surface area contributed by atoms with E-state index in [1.165, 1.54) is 17.0 Å². The number of aromatic nitrogens is 3. The Bertz CT molecular complexity index is 1560. The molecule has 2 unspecified atom stereocenters. The van der Waals surface area contributed by atoms with Crippen LogP contribution in [0.5, 0.6) is 11.5 Å². The number of H-pyrrole nitrogens is 1. The van der Waals surface area contributed by atoms with Crippen LogP contribution in [-0.4, -0.2) is 46.3 Å². The largest absolute Gasteiger partial charge is 0.457 e. The van der Waals surface area contributed by atoms with Gasteiger partial charge in [0.05, 0.1) is 22.5 Å². The molecule has 0 spiro atoms. The number of sulfone groups is 1. The average Bonchev–Trinajstić information content (AvgIpc) is 3.35. The zero-order valence-electron chi connectivity index (χ0n) is 19.9. The second kappa shape index (κ2) is 8.87. The first-order chi connectivity index (χ1) is 17.1. The Kier molecular flexibility index (Phi) is 5.83. The number of pyridine rings is 1. The summed E-state index contributed by atoms with van der Waals surface area (Å²) in [7, 11) is -3.35. The number of imidazole rings is 1. The van der Waals surface area contributed by atoms with Gasteiger partial charge in [-0.15, -0.1) is 0 Å². The molecule has 2 aromatic carbocycles. The lowest BCUT2D eigenvalue weighted by atomic mass is 10.00. The van der Waals surface area contributed by atoms with E-state index in [4.69, 9.17) is 4.74 Å². The monoisotopic (exact) mass is 504 g/mol. The molecule has 36 heavy (non-hydrogen) atoms. The number of amides is 2. The fourth-order valence-corrected chi connectivity index (χ4v) is 4.79. The van der Waals surface area contributed by atoms with Crippen molar-refractivity contribution in [3.8, 4) is 23.0 Å². The number of benzene rings is 2. The number of hydrogen-bond donors (Lipinski definition) is 1. The van der Waals surface area contributed by atoms with Crippen LogP contribution in [0.1, 0.15) is 19.4 Å². The van der Waals surface area contributed by atoms with Crippen molar-refractivity contribution in [3.63, 3.8) is 0 Å². The highest BCUT2D eigenvalue weighted by molar-refractivity contribution is 7.90. The maximum Gasteiger partial charge on any atom is 0.233 e. The van der Waals surface area contributed by atoms with E-state index >= 15 is 0 Å². The Morgan fingerprint density at radius 3 is 2.31 bits per heavy atom. The van der Waals surface area contributed by atoms with Gasteiger partial charge in [-0.25, -0.2) is 13.4 Å². The first kappa shape index (κ1) is 23.7. The summed E-state index contributed by atoms with van der Waals surface area (Å²) in [5.74, 6) is 0.145. The van der Waals surface area contributed by atoms with Crippen molar-refractivity contribution in [2.45, 2.75) is 25.3 Å². The lowest BCUT2D eigenvalue weighted by Gasteiger charge is -2.18. The maximum absolute atomic E-state index is 12.8. The van der Waals surface area contributed by atoms with Crippen molar-refractivity contribution >= 4 is 32.7 Å². The molecule has 1 aliphatic heterocycles. The van der Waals surface area contributed by atoms with E-state index in [-0.39, 0.29) is 23.3 Å². The summed E-state index contributed by atoms with van der Waals surface area (Å²) in [4.78, 5) is 39.2. The third-order valence-electron chi connectivity index (χ3n) is 6.44. The molecule has 2 atom stereocenters.